The molecule has 14 heteroatoms. The van der Waals surface area contributed by atoms with Crippen molar-refractivity contribution in [2.24, 2.45) is 0 Å². The van der Waals surface area contributed by atoms with E-state index in [4.69, 9.17) is 17.3 Å². The molecule has 0 atom stereocenters. The van der Waals surface area contributed by atoms with Crippen LogP contribution in [0.25, 0.3) is 33.8 Å². The zero-order chi connectivity index (χ0) is 42.3. The van der Waals surface area contributed by atoms with E-state index in [0.717, 1.165) is 45.5 Å². The number of halogens is 1. The Morgan fingerprint density at radius 2 is 1.31 bits per heavy atom. The summed E-state index contributed by atoms with van der Waals surface area (Å²) in [4.78, 5) is 43.8. The summed E-state index contributed by atoms with van der Waals surface area (Å²) in [6.07, 6.45) is 7.27. The van der Waals surface area contributed by atoms with Crippen LogP contribution in [0.4, 0.5) is 5.82 Å². The van der Waals surface area contributed by atoms with E-state index in [1.54, 1.807) is 41.8 Å². The van der Waals surface area contributed by atoms with Gasteiger partial charge in [0.1, 0.15) is 17.4 Å². The number of rotatable bonds is 9. The number of anilines is 1. The van der Waals surface area contributed by atoms with Gasteiger partial charge >= 0.3 is 5.97 Å². The topological polar surface area (TPSA) is 178 Å². The first-order chi connectivity index (χ1) is 29.7. The number of nitrogen functional groups attached to an aromatic ring is 1. The smallest absolute Gasteiger partial charge is 0.313 e. The highest BCUT2D eigenvalue weighted by Gasteiger charge is 2.28. The molecule has 3 aliphatic carbocycles. The Morgan fingerprint density at radius 1 is 0.738 bits per heavy atom. The third kappa shape index (κ3) is 10.7. The first-order valence-corrected chi connectivity index (χ1v) is 20.9. The van der Waals surface area contributed by atoms with Crippen molar-refractivity contribution in [2.75, 3.05) is 12.3 Å². The lowest BCUT2D eigenvalue weighted by atomic mass is 10.1. The number of ketones is 1. The van der Waals surface area contributed by atoms with Crippen molar-refractivity contribution in [1.82, 2.24) is 39.4 Å². The summed E-state index contributed by atoms with van der Waals surface area (Å²) >= 11 is 6.31. The van der Waals surface area contributed by atoms with Crippen LogP contribution in [-0.2, 0) is 9.53 Å². The number of nitrogens with two attached hydrogens (primary N) is 1. The number of hydrogen-bond donors (Lipinski definition) is 3. The number of aromatic nitrogens is 8. The van der Waals surface area contributed by atoms with Gasteiger partial charge in [0.05, 0.1) is 23.7 Å². The van der Waals surface area contributed by atoms with E-state index in [9.17, 15) is 14.4 Å². The van der Waals surface area contributed by atoms with Crippen LogP contribution in [0.3, 0.4) is 0 Å². The molecule has 5 aromatic heterocycles. The van der Waals surface area contributed by atoms with Gasteiger partial charge in [0.15, 0.2) is 17.1 Å². The Morgan fingerprint density at radius 3 is 1.89 bits per heavy atom. The Bertz CT molecular complexity index is 2810. The third-order valence-corrected chi connectivity index (χ3v) is 10.6. The highest BCUT2D eigenvalue weighted by Crippen LogP contribution is 2.41. The van der Waals surface area contributed by atoms with Crippen molar-refractivity contribution in [2.45, 2.75) is 69.6 Å². The molecule has 0 spiro atoms. The first kappa shape index (κ1) is 40.9. The summed E-state index contributed by atoms with van der Waals surface area (Å²) in [5.74, 6) is 1.86. The quantitative estimate of drug-likeness (QED) is 0.0553. The summed E-state index contributed by atoms with van der Waals surface area (Å²) in [5, 5.41) is 15.0. The molecule has 3 fully saturated rings. The molecule has 11 rings (SSSR count). The Kier molecular flexibility index (Phi) is 12.5. The Labute approximate surface area is 357 Å². The number of hydrogen-bond acceptors (Lipinski definition) is 9. The maximum absolute atomic E-state index is 12.1. The predicted octanol–water partition coefficient (Wildman–Crippen LogP) is 9.19. The van der Waals surface area contributed by atoms with Crippen molar-refractivity contribution in [3.8, 4) is 22.5 Å². The molecule has 0 bridgehead atoms. The minimum Gasteiger partial charge on any atom is -0.466 e. The number of fused-ring (bicyclic) bond motifs is 2. The number of nitrogens with zero attached hydrogens (tertiary/aromatic N) is 6. The van der Waals surface area contributed by atoms with Crippen LogP contribution in [0.5, 0.6) is 0 Å². The van der Waals surface area contributed by atoms with Crippen LogP contribution in [0.1, 0.15) is 97.1 Å². The van der Waals surface area contributed by atoms with Crippen LogP contribution in [0.2, 0.25) is 5.15 Å². The van der Waals surface area contributed by atoms with Crippen molar-refractivity contribution in [3.05, 3.63) is 159 Å². The lowest BCUT2D eigenvalue weighted by molar-refractivity contribution is -0.141. The molecule has 0 amide bonds. The van der Waals surface area contributed by atoms with Gasteiger partial charge in [-0.2, -0.15) is 10.2 Å². The summed E-state index contributed by atoms with van der Waals surface area (Å²) in [5.41, 5.74) is 14.5. The number of benzene rings is 3. The van der Waals surface area contributed by atoms with Gasteiger partial charge in [-0.1, -0.05) is 103 Å². The Balaban J connectivity index is 0.000000116. The summed E-state index contributed by atoms with van der Waals surface area (Å²) < 4.78 is 7.93. The molecule has 3 aromatic carbocycles. The zero-order valence-corrected chi connectivity index (χ0v) is 34.5. The van der Waals surface area contributed by atoms with E-state index in [2.05, 4.69) is 41.2 Å². The second-order valence-corrected chi connectivity index (χ2v) is 15.6. The average Bonchev–Trinajstić information content (AvgIpc) is 4.24. The first-order valence-electron chi connectivity index (χ1n) is 20.6. The monoisotopic (exact) mass is 835 g/mol. The summed E-state index contributed by atoms with van der Waals surface area (Å²) in [6, 6.07) is 38.0. The number of carbonyl (C=O) groups is 2. The van der Waals surface area contributed by atoms with Crippen LogP contribution in [0, 0.1) is 0 Å². The highest BCUT2D eigenvalue weighted by atomic mass is 35.5. The maximum Gasteiger partial charge on any atom is 0.313 e. The largest absolute Gasteiger partial charge is 0.466 e. The number of ether oxygens (including phenoxy) is 1. The molecule has 0 unspecified atom stereocenters. The Hall–Kier alpha value is -6.86. The second-order valence-electron chi connectivity index (χ2n) is 15.3. The van der Waals surface area contributed by atoms with Gasteiger partial charge in [-0.25, -0.2) is 19.0 Å². The molecule has 0 radical (unpaired) electrons. The average molecular weight is 836 g/mol. The molecule has 310 valence electrons. The lowest BCUT2D eigenvalue weighted by Crippen LogP contribution is -2.14. The van der Waals surface area contributed by atoms with Crippen molar-refractivity contribution < 1.29 is 14.3 Å². The molecule has 13 nitrogen and oxygen atoms in total. The van der Waals surface area contributed by atoms with Gasteiger partial charge < -0.3 is 10.5 Å². The number of nitrogens with one attached hydrogen (secondary N) is 2. The summed E-state index contributed by atoms with van der Waals surface area (Å²) in [7, 11) is 0. The fraction of sp³-hybridized carbons (Fsp3) is 0.255. The summed E-state index contributed by atoms with van der Waals surface area (Å²) in [6.45, 7) is 2.02. The van der Waals surface area contributed by atoms with E-state index in [1.165, 1.54) is 48.7 Å². The lowest BCUT2D eigenvalue weighted by Gasteiger charge is -2.03. The third-order valence-electron chi connectivity index (χ3n) is 10.4. The minimum atomic E-state index is -0.471. The molecule has 8 aromatic rings. The van der Waals surface area contributed by atoms with E-state index in [1.807, 2.05) is 84.9 Å². The fourth-order valence-corrected chi connectivity index (χ4v) is 6.91. The molecule has 4 N–H and O–H groups in total. The van der Waals surface area contributed by atoms with Crippen molar-refractivity contribution in [3.63, 3.8) is 0 Å². The molecular weight excluding hydrogens is 790 g/mol. The van der Waals surface area contributed by atoms with E-state index in [-0.39, 0.29) is 17.8 Å². The van der Waals surface area contributed by atoms with Gasteiger partial charge in [0.25, 0.3) is 5.56 Å². The van der Waals surface area contributed by atoms with E-state index < -0.39 is 5.97 Å². The molecule has 3 aliphatic rings. The van der Waals surface area contributed by atoms with Crippen LogP contribution >= 0.6 is 11.6 Å². The van der Waals surface area contributed by atoms with Gasteiger partial charge in [-0.3, -0.25) is 24.6 Å². The van der Waals surface area contributed by atoms with E-state index in [0.29, 0.717) is 40.6 Å². The zero-order valence-electron chi connectivity index (χ0n) is 33.7. The number of carbonyl (C=O) groups excluding carboxylic acids is 2. The van der Waals surface area contributed by atoms with Gasteiger partial charge in [0, 0.05) is 76.2 Å². The molecule has 61 heavy (non-hydrogen) atoms. The maximum atomic E-state index is 12.1. The van der Waals surface area contributed by atoms with Crippen LogP contribution in [0.15, 0.2) is 126 Å². The number of Topliss-reactive ketones (excluding diaryl/α,β-unsaturated/α-hetero) is 1. The number of H-pyrrole nitrogens is 2. The number of aromatic amines is 2. The molecule has 3 saturated carbocycles. The predicted molar refractivity (Wildman–Crippen MR) is 236 cm³/mol. The normalized spacial score (nSPS) is 14.2. The molecular formula is C47H46ClN9O4. The second kappa shape index (κ2) is 18.6. The number of esters is 1. The molecule has 0 saturated heterocycles. The van der Waals surface area contributed by atoms with Crippen LogP contribution < -0.4 is 11.3 Å². The minimum absolute atomic E-state index is 0.0595. The van der Waals surface area contributed by atoms with Crippen LogP contribution in [-0.4, -0.2) is 57.8 Å². The van der Waals surface area contributed by atoms with Gasteiger partial charge in [-0.15, -0.1) is 0 Å². The SMILES string of the molecule is CCOC(=O)CC(=O)c1ccccc1.Clc1cc(-c2ccccc2)nc2cc(C3CC3)nn12.Nc1cc(C2CC2)[nH]n1.O=c1cc(-c2ccccc2)nc2cc(C3CC3)[nH]n12. The highest BCUT2D eigenvalue weighted by molar-refractivity contribution is 6.30. The van der Waals surface area contributed by atoms with E-state index >= 15 is 0 Å². The fourth-order valence-electron chi connectivity index (χ4n) is 6.69. The standard InChI is InChI=1S/C15H12ClN3.C15H13N3O.C11H12O3.C6H9N3/c16-14-8-12(10-4-2-1-3-5-10)17-15-9-13(11-6-7-11)18-19(14)15;19-15-9-12(10-4-2-1-3-5-10)16-14-8-13(11-6-7-11)17-18(14)15;1-2-14-11(13)8-10(12)9-6-4-3-5-7-9;7-6-3-5(8-9-6)4-1-2-4/h1-5,8-9,11H,6-7H2;1-5,8-9,11,17H,6-7H2;3-7H,2,8H2,1H3;3-4H,1-2H2,(H3,7,8,9). The van der Waals surface area contributed by atoms with Crippen molar-refractivity contribution in [1.29, 1.82) is 0 Å². The molecule has 5 heterocycles. The molecule has 0 aliphatic heterocycles. The van der Waals surface area contributed by atoms with Gasteiger partial charge in [0.2, 0.25) is 0 Å². The van der Waals surface area contributed by atoms with Gasteiger partial charge in [-0.05, 0) is 45.4 Å². The van der Waals surface area contributed by atoms with Crippen molar-refractivity contribution >= 4 is 40.5 Å².